The van der Waals surface area contributed by atoms with Gasteiger partial charge in [-0.15, -0.1) is 0 Å². The van der Waals surface area contributed by atoms with Gasteiger partial charge in [0.05, 0.1) is 16.0 Å². The van der Waals surface area contributed by atoms with Crippen LogP contribution in [0.3, 0.4) is 0 Å². The molecule has 3 rings (SSSR count). The Balaban J connectivity index is 1.78. The minimum absolute atomic E-state index is 0.254. The summed E-state index contributed by atoms with van der Waals surface area (Å²) in [6.45, 7) is 1.73. The number of hydrogen-bond acceptors (Lipinski definition) is 1. The maximum Gasteiger partial charge on any atom is 0.231 e. The van der Waals surface area contributed by atoms with Gasteiger partial charge >= 0.3 is 0 Å². The van der Waals surface area contributed by atoms with Crippen molar-refractivity contribution in [2.24, 2.45) is 0 Å². The molecular weight excluding hydrogens is 372 g/mol. The van der Waals surface area contributed by atoms with E-state index in [4.69, 9.17) is 23.2 Å². The summed E-state index contributed by atoms with van der Waals surface area (Å²) in [5.74, 6) is -1.14. The zero-order valence-corrected chi connectivity index (χ0v) is 15.5. The molecule has 3 aromatic rings. The monoisotopic (exact) mass is 387 g/mol. The third-order valence-electron chi connectivity index (χ3n) is 4.16. The van der Waals surface area contributed by atoms with Gasteiger partial charge in [0.2, 0.25) is 5.91 Å². The Morgan fingerprint density at radius 2 is 1.69 bits per heavy atom. The SMILES string of the molecule is C[C@@H](C(=O)Nc1ccc(Cl)c(Cl)c1)c1ccc(-c2ccccc2)c(F)c1. The average molecular weight is 388 g/mol. The van der Waals surface area contributed by atoms with Crippen LogP contribution in [0, 0.1) is 5.82 Å². The third-order valence-corrected chi connectivity index (χ3v) is 4.90. The Morgan fingerprint density at radius 1 is 0.962 bits per heavy atom. The van der Waals surface area contributed by atoms with Crippen LogP contribution in [0.2, 0.25) is 10.0 Å². The number of amides is 1. The fourth-order valence-electron chi connectivity index (χ4n) is 2.63. The molecule has 5 heteroatoms. The molecule has 132 valence electrons. The molecule has 1 atom stereocenters. The maximum atomic E-state index is 14.5. The van der Waals surface area contributed by atoms with Crippen LogP contribution in [0.1, 0.15) is 18.4 Å². The minimum atomic E-state index is -0.524. The third kappa shape index (κ3) is 4.06. The highest BCUT2D eigenvalue weighted by atomic mass is 35.5. The molecule has 1 N–H and O–H groups in total. The summed E-state index contributed by atoms with van der Waals surface area (Å²) in [6, 6.07) is 19.0. The van der Waals surface area contributed by atoms with Gasteiger partial charge in [-0.2, -0.15) is 0 Å². The van der Waals surface area contributed by atoms with Crippen molar-refractivity contribution in [3.05, 3.63) is 88.2 Å². The van der Waals surface area contributed by atoms with Crippen molar-refractivity contribution >= 4 is 34.8 Å². The molecule has 0 aliphatic carbocycles. The van der Waals surface area contributed by atoms with Gasteiger partial charge in [0.1, 0.15) is 5.82 Å². The lowest BCUT2D eigenvalue weighted by Gasteiger charge is -2.14. The van der Waals surface area contributed by atoms with E-state index < -0.39 is 5.92 Å². The van der Waals surface area contributed by atoms with Crippen LogP contribution < -0.4 is 5.32 Å². The standard InChI is InChI=1S/C21H16Cl2FNO/c1-13(21(26)25-16-8-10-18(22)19(23)12-16)15-7-9-17(20(24)11-15)14-5-3-2-4-6-14/h2-13H,1H3,(H,25,26)/t13-/m1/s1. The van der Waals surface area contributed by atoms with E-state index in [2.05, 4.69) is 5.32 Å². The summed E-state index contributed by atoms with van der Waals surface area (Å²) in [5, 5.41) is 3.54. The van der Waals surface area contributed by atoms with Gasteiger partial charge in [0.15, 0.2) is 0 Å². The summed E-state index contributed by atoms with van der Waals surface area (Å²) >= 11 is 11.8. The Morgan fingerprint density at radius 3 is 2.35 bits per heavy atom. The van der Waals surface area contributed by atoms with Gasteiger partial charge < -0.3 is 5.32 Å². The summed E-state index contributed by atoms with van der Waals surface area (Å²) < 4.78 is 14.5. The molecule has 0 unspecified atom stereocenters. The lowest BCUT2D eigenvalue weighted by atomic mass is 9.96. The number of hydrogen-bond donors (Lipinski definition) is 1. The molecule has 0 fully saturated rings. The van der Waals surface area contributed by atoms with Crippen molar-refractivity contribution in [3.8, 4) is 11.1 Å². The minimum Gasteiger partial charge on any atom is -0.326 e. The molecule has 0 saturated heterocycles. The van der Waals surface area contributed by atoms with E-state index in [1.54, 1.807) is 37.3 Å². The van der Waals surface area contributed by atoms with Crippen LogP contribution >= 0.6 is 23.2 Å². The number of rotatable bonds is 4. The van der Waals surface area contributed by atoms with Gasteiger partial charge in [0.25, 0.3) is 0 Å². The number of benzene rings is 3. The van der Waals surface area contributed by atoms with Crippen LogP contribution in [0.15, 0.2) is 66.7 Å². The van der Waals surface area contributed by atoms with E-state index in [9.17, 15) is 9.18 Å². The molecule has 0 bridgehead atoms. The van der Waals surface area contributed by atoms with Gasteiger partial charge in [-0.3, -0.25) is 4.79 Å². The van der Waals surface area contributed by atoms with Gasteiger partial charge in [-0.05, 0) is 42.3 Å². The first-order chi connectivity index (χ1) is 12.5. The zero-order valence-electron chi connectivity index (χ0n) is 14.0. The second-order valence-electron chi connectivity index (χ2n) is 5.95. The molecule has 0 radical (unpaired) electrons. The lowest BCUT2D eigenvalue weighted by Crippen LogP contribution is -2.19. The molecule has 1 amide bonds. The molecule has 26 heavy (non-hydrogen) atoms. The number of nitrogens with one attached hydrogen (secondary N) is 1. The second-order valence-corrected chi connectivity index (χ2v) is 6.76. The molecule has 2 nitrogen and oxygen atoms in total. The van der Waals surface area contributed by atoms with Crippen molar-refractivity contribution in [3.63, 3.8) is 0 Å². The number of carbonyl (C=O) groups excluding carboxylic acids is 1. The van der Waals surface area contributed by atoms with Crippen molar-refractivity contribution < 1.29 is 9.18 Å². The number of anilines is 1. The first-order valence-corrected chi connectivity index (χ1v) is 8.82. The Bertz CT molecular complexity index is 944. The summed E-state index contributed by atoms with van der Waals surface area (Å²) in [4.78, 5) is 12.5. The summed E-state index contributed by atoms with van der Waals surface area (Å²) in [5.41, 5.74) is 2.44. The second kappa shape index (κ2) is 7.90. The first-order valence-electron chi connectivity index (χ1n) is 8.06. The van der Waals surface area contributed by atoms with Crippen molar-refractivity contribution in [2.75, 3.05) is 5.32 Å². The maximum absolute atomic E-state index is 14.5. The summed E-state index contributed by atoms with van der Waals surface area (Å²) in [6.07, 6.45) is 0. The Hall–Kier alpha value is -2.36. The zero-order chi connectivity index (χ0) is 18.7. The molecule has 0 heterocycles. The van der Waals surface area contributed by atoms with Crippen LogP contribution in [-0.4, -0.2) is 5.91 Å². The number of halogens is 3. The highest BCUT2D eigenvalue weighted by molar-refractivity contribution is 6.42. The highest BCUT2D eigenvalue weighted by Gasteiger charge is 2.18. The van der Waals surface area contributed by atoms with E-state index in [0.29, 0.717) is 26.9 Å². The molecule has 0 aliphatic rings. The lowest BCUT2D eigenvalue weighted by molar-refractivity contribution is -0.117. The van der Waals surface area contributed by atoms with Gasteiger partial charge in [-0.1, -0.05) is 65.7 Å². The van der Waals surface area contributed by atoms with Crippen LogP contribution in [0.25, 0.3) is 11.1 Å². The van der Waals surface area contributed by atoms with E-state index in [1.807, 2.05) is 30.3 Å². The van der Waals surface area contributed by atoms with E-state index in [-0.39, 0.29) is 11.7 Å². The predicted octanol–water partition coefficient (Wildman–Crippen LogP) is 6.54. The van der Waals surface area contributed by atoms with E-state index in [0.717, 1.165) is 5.56 Å². The Labute approximate surface area is 161 Å². The molecule has 0 spiro atoms. The van der Waals surface area contributed by atoms with Gasteiger partial charge in [-0.25, -0.2) is 4.39 Å². The Kier molecular flexibility index (Phi) is 5.60. The van der Waals surface area contributed by atoms with Crippen LogP contribution in [0.4, 0.5) is 10.1 Å². The quantitative estimate of drug-likeness (QED) is 0.540. The smallest absolute Gasteiger partial charge is 0.231 e. The van der Waals surface area contributed by atoms with Crippen LogP contribution in [-0.2, 0) is 4.79 Å². The fourth-order valence-corrected chi connectivity index (χ4v) is 2.93. The van der Waals surface area contributed by atoms with E-state index >= 15 is 0 Å². The molecule has 0 saturated carbocycles. The van der Waals surface area contributed by atoms with Crippen molar-refractivity contribution in [1.82, 2.24) is 0 Å². The average Bonchev–Trinajstić information content (AvgIpc) is 2.64. The fraction of sp³-hybridized carbons (Fsp3) is 0.0952. The highest BCUT2D eigenvalue weighted by Crippen LogP contribution is 2.28. The largest absolute Gasteiger partial charge is 0.326 e. The van der Waals surface area contributed by atoms with E-state index in [1.165, 1.54) is 6.07 Å². The molecular formula is C21H16Cl2FNO. The van der Waals surface area contributed by atoms with Crippen molar-refractivity contribution in [2.45, 2.75) is 12.8 Å². The first kappa shape index (κ1) is 18.4. The number of carbonyl (C=O) groups is 1. The summed E-state index contributed by atoms with van der Waals surface area (Å²) in [7, 11) is 0. The topological polar surface area (TPSA) is 29.1 Å². The van der Waals surface area contributed by atoms with Crippen molar-refractivity contribution in [1.29, 1.82) is 0 Å². The molecule has 3 aromatic carbocycles. The molecule has 0 aromatic heterocycles. The van der Waals surface area contributed by atoms with Crippen LogP contribution in [0.5, 0.6) is 0 Å². The van der Waals surface area contributed by atoms with Gasteiger partial charge in [0, 0.05) is 11.3 Å². The normalized spacial score (nSPS) is 11.8. The predicted molar refractivity (Wildman–Crippen MR) is 105 cm³/mol. The molecule has 0 aliphatic heterocycles.